The molecule has 2 amide bonds. The third kappa shape index (κ3) is 2.69. The van der Waals surface area contributed by atoms with E-state index in [0.717, 1.165) is 25.3 Å². The largest absolute Gasteiger partial charge is 0.461 e. The number of carbonyl (C=O) groups excluding carboxylic acids is 3. The summed E-state index contributed by atoms with van der Waals surface area (Å²) in [5, 5.41) is 0. The van der Waals surface area contributed by atoms with Crippen LogP contribution in [0.25, 0.3) is 0 Å². The monoisotopic (exact) mass is 265 g/mol. The molecule has 19 heavy (non-hydrogen) atoms. The minimum atomic E-state index is -0.537. The van der Waals surface area contributed by atoms with Gasteiger partial charge in [-0.2, -0.15) is 0 Å². The van der Waals surface area contributed by atoms with E-state index in [1.54, 1.807) is 0 Å². The lowest BCUT2D eigenvalue weighted by atomic mass is 9.76. The molecule has 0 radical (unpaired) electrons. The van der Waals surface area contributed by atoms with E-state index in [4.69, 9.17) is 4.74 Å². The minimum absolute atomic E-state index is 0.0390. The summed E-state index contributed by atoms with van der Waals surface area (Å²) in [6, 6.07) is 0. The van der Waals surface area contributed by atoms with Crippen LogP contribution in [0.5, 0.6) is 0 Å². The average Bonchev–Trinajstić information content (AvgIpc) is 2.63. The van der Waals surface area contributed by atoms with E-state index in [1.165, 1.54) is 4.90 Å². The van der Waals surface area contributed by atoms with Gasteiger partial charge < -0.3 is 4.74 Å². The predicted molar refractivity (Wildman–Crippen MR) is 67.9 cm³/mol. The Balaban J connectivity index is 1.95. The quantitative estimate of drug-likeness (QED) is 0.434. The van der Waals surface area contributed by atoms with Gasteiger partial charge in [0.15, 0.2) is 0 Å². The molecule has 2 aliphatic rings. The predicted octanol–water partition coefficient (Wildman–Crippen LogP) is 1.14. The second kappa shape index (κ2) is 5.55. The van der Waals surface area contributed by atoms with E-state index in [2.05, 4.69) is 13.5 Å². The fourth-order valence-electron chi connectivity index (χ4n) is 2.98. The highest BCUT2D eigenvalue weighted by molar-refractivity contribution is 6.05. The molecule has 0 aromatic carbocycles. The Hall–Kier alpha value is -1.65. The molecule has 0 aromatic rings. The van der Waals surface area contributed by atoms with Gasteiger partial charge in [0.1, 0.15) is 6.61 Å². The topological polar surface area (TPSA) is 63.7 Å². The Morgan fingerprint density at radius 1 is 1.37 bits per heavy atom. The standard InChI is InChI=1S/C14H19NO4/c1-3-12(16)19-7-6-15-13(17)10-5-4-9(2)8-11(10)14(15)18/h3,9-11H,1,4-8H2,2H3. The van der Waals surface area contributed by atoms with E-state index in [0.29, 0.717) is 5.92 Å². The Kier molecular flexibility index (Phi) is 4.02. The van der Waals surface area contributed by atoms with Gasteiger partial charge in [-0.05, 0) is 25.2 Å². The molecule has 104 valence electrons. The molecular weight excluding hydrogens is 246 g/mol. The van der Waals surface area contributed by atoms with Gasteiger partial charge >= 0.3 is 5.97 Å². The second-order valence-electron chi connectivity index (χ2n) is 5.33. The van der Waals surface area contributed by atoms with Crippen molar-refractivity contribution in [3.8, 4) is 0 Å². The van der Waals surface area contributed by atoms with Crippen LogP contribution in [-0.4, -0.2) is 35.8 Å². The Labute approximate surface area is 112 Å². The Morgan fingerprint density at radius 2 is 2.05 bits per heavy atom. The zero-order chi connectivity index (χ0) is 14.0. The SMILES string of the molecule is C=CC(=O)OCCN1C(=O)C2CCC(C)CC2C1=O. The minimum Gasteiger partial charge on any atom is -0.461 e. The van der Waals surface area contributed by atoms with Crippen LogP contribution in [0.4, 0.5) is 0 Å². The number of esters is 1. The van der Waals surface area contributed by atoms with E-state index >= 15 is 0 Å². The fourth-order valence-corrected chi connectivity index (χ4v) is 2.98. The molecule has 3 unspecified atom stereocenters. The lowest BCUT2D eigenvalue weighted by molar-refractivity contribution is -0.145. The number of carbonyl (C=O) groups is 3. The van der Waals surface area contributed by atoms with Crippen LogP contribution in [0.15, 0.2) is 12.7 Å². The molecule has 1 heterocycles. The average molecular weight is 265 g/mol. The molecule has 1 aliphatic carbocycles. The lowest BCUT2D eigenvalue weighted by Gasteiger charge is -2.25. The van der Waals surface area contributed by atoms with Gasteiger partial charge in [0.2, 0.25) is 11.8 Å². The molecule has 1 saturated heterocycles. The smallest absolute Gasteiger partial charge is 0.330 e. The number of ether oxygens (including phenoxy) is 1. The maximum absolute atomic E-state index is 12.2. The number of imide groups is 1. The Morgan fingerprint density at radius 3 is 2.74 bits per heavy atom. The van der Waals surface area contributed by atoms with Crippen LogP contribution in [-0.2, 0) is 19.1 Å². The molecule has 2 fully saturated rings. The van der Waals surface area contributed by atoms with Crippen LogP contribution in [0.3, 0.4) is 0 Å². The zero-order valence-electron chi connectivity index (χ0n) is 11.1. The van der Waals surface area contributed by atoms with Gasteiger partial charge in [0.25, 0.3) is 0 Å². The number of hydrogen-bond donors (Lipinski definition) is 0. The summed E-state index contributed by atoms with van der Waals surface area (Å²) in [4.78, 5) is 36.5. The molecule has 5 heteroatoms. The number of likely N-dealkylation sites (tertiary alicyclic amines) is 1. The van der Waals surface area contributed by atoms with Crippen molar-refractivity contribution in [2.45, 2.75) is 26.2 Å². The van der Waals surface area contributed by atoms with Crippen molar-refractivity contribution >= 4 is 17.8 Å². The van der Waals surface area contributed by atoms with Gasteiger partial charge in [0.05, 0.1) is 18.4 Å². The molecule has 1 aliphatic heterocycles. The maximum Gasteiger partial charge on any atom is 0.330 e. The normalized spacial score (nSPS) is 30.2. The molecule has 3 atom stereocenters. The highest BCUT2D eigenvalue weighted by Crippen LogP contribution is 2.40. The molecule has 0 bridgehead atoms. The van der Waals surface area contributed by atoms with Gasteiger partial charge in [-0.3, -0.25) is 14.5 Å². The summed E-state index contributed by atoms with van der Waals surface area (Å²) in [5.41, 5.74) is 0. The van der Waals surface area contributed by atoms with Crippen molar-refractivity contribution in [3.63, 3.8) is 0 Å². The molecule has 0 aromatic heterocycles. The molecule has 5 nitrogen and oxygen atoms in total. The summed E-state index contributed by atoms with van der Waals surface area (Å²) in [6.07, 6.45) is 3.64. The van der Waals surface area contributed by atoms with Crippen LogP contribution in [0, 0.1) is 17.8 Å². The van der Waals surface area contributed by atoms with E-state index in [1.807, 2.05) is 0 Å². The van der Waals surface area contributed by atoms with Gasteiger partial charge in [-0.1, -0.05) is 13.5 Å². The summed E-state index contributed by atoms with van der Waals surface area (Å²) in [5.74, 6) is -0.556. The summed E-state index contributed by atoms with van der Waals surface area (Å²) in [7, 11) is 0. The summed E-state index contributed by atoms with van der Waals surface area (Å²) in [6.45, 7) is 5.59. The van der Waals surface area contributed by atoms with Crippen molar-refractivity contribution in [3.05, 3.63) is 12.7 Å². The molecule has 1 saturated carbocycles. The fraction of sp³-hybridized carbons (Fsp3) is 0.643. The molecule has 0 spiro atoms. The first kappa shape index (κ1) is 13.8. The maximum atomic E-state index is 12.2. The highest BCUT2D eigenvalue weighted by atomic mass is 16.5. The third-order valence-corrected chi connectivity index (χ3v) is 4.00. The zero-order valence-corrected chi connectivity index (χ0v) is 11.1. The van der Waals surface area contributed by atoms with E-state index in [9.17, 15) is 14.4 Å². The van der Waals surface area contributed by atoms with Gasteiger partial charge in [-0.15, -0.1) is 0 Å². The summed E-state index contributed by atoms with van der Waals surface area (Å²) < 4.78 is 4.82. The van der Waals surface area contributed by atoms with Crippen LogP contribution >= 0.6 is 0 Å². The Bertz CT molecular complexity index is 418. The molecule has 2 rings (SSSR count). The number of fused-ring (bicyclic) bond motifs is 1. The van der Waals surface area contributed by atoms with Gasteiger partial charge in [-0.25, -0.2) is 4.79 Å². The van der Waals surface area contributed by atoms with Crippen molar-refractivity contribution in [1.29, 1.82) is 0 Å². The van der Waals surface area contributed by atoms with Crippen LogP contribution < -0.4 is 0 Å². The third-order valence-electron chi connectivity index (χ3n) is 4.00. The van der Waals surface area contributed by atoms with E-state index < -0.39 is 5.97 Å². The van der Waals surface area contributed by atoms with Crippen LogP contribution in [0.2, 0.25) is 0 Å². The molecular formula is C14H19NO4. The lowest BCUT2D eigenvalue weighted by Crippen LogP contribution is -2.34. The van der Waals surface area contributed by atoms with Gasteiger partial charge in [0, 0.05) is 6.08 Å². The van der Waals surface area contributed by atoms with E-state index in [-0.39, 0.29) is 36.8 Å². The summed E-state index contributed by atoms with van der Waals surface area (Å²) >= 11 is 0. The van der Waals surface area contributed by atoms with Crippen molar-refractivity contribution in [2.24, 2.45) is 17.8 Å². The van der Waals surface area contributed by atoms with Crippen molar-refractivity contribution in [2.75, 3.05) is 13.2 Å². The highest BCUT2D eigenvalue weighted by Gasteiger charge is 2.49. The van der Waals surface area contributed by atoms with Crippen molar-refractivity contribution < 1.29 is 19.1 Å². The number of hydrogen-bond acceptors (Lipinski definition) is 4. The number of rotatable bonds is 4. The first-order valence-electron chi connectivity index (χ1n) is 6.69. The van der Waals surface area contributed by atoms with Crippen molar-refractivity contribution in [1.82, 2.24) is 4.90 Å². The first-order valence-corrected chi connectivity index (χ1v) is 6.69. The van der Waals surface area contributed by atoms with Crippen LogP contribution in [0.1, 0.15) is 26.2 Å². The molecule has 0 N–H and O–H groups in total. The number of nitrogens with zero attached hydrogens (tertiary/aromatic N) is 1. The second-order valence-corrected chi connectivity index (χ2v) is 5.33. The first-order chi connectivity index (χ1) is 9.04. The number of amides is 2.